The van der Waals surface area contributed by atoms with Crippen molar-refractivity contribution in [2.45, 2.75) is 12.5 Å². The lowest BCUT2D eigenvalue weighted by Gasteiger charge is -2.21. The lowest BCUT2D eigenvalue weighted by Crippen LogP contribution is -2.42. The molecule has 0 fully saturated rings. The first-order chi connectivity index (χ1) is 8.39. The first-order valence-electron chi connectivity index (χ1n) is 5.28. The quantitative estimate of drug-likeness (QED) is 0.810. The van der Waals surface area contributed by atoms with Crippen molar-refractivity contribution in [2.24, 2.45) is 0 Å². The van der Waals surface area contributed by atoms with Crippen molar-refractivity contribution in [1.82, 2.24) is 0 Å². The van der Waals surface area contributed by atoms with Gasteiger partial charge in [0.25, 0.3) is 0 Å². The molecule has 1 unspecified atom stereocenters. The maximum Gasteiger partial charge on any atom is 0.339 e. The first-order valence-corrected chi connectivity index (χ1v) is 6.07. The van der Waals surface area contributed by atoms with E-state index < -0.39 is 11.6 Å². The molecule has 0 aliphatic rings. The van der Waals surface area contributed by atoms with Crippen molar-refractivity contribution in [2.75, 3.05) is 26.1 Å². The summed E-state index contributed by atoms with van der Waals surface area (Å²) in [5.74, 6) is -0.0125. The number of anilines is 1. The van der Waals surface area contributed by atoms with Crippen LogP contribution in [0.1, 0.15) is 6.92 Å². The molecule has 1 atom stereocenters. The Balaban J connectivity index is 2.74. The lowest BCUT2D eigenvalue weighted by atomic mass is 10.1. The molecular formula is C12H16BrNO4. The molecule has 0 aliphatic heterocycles. The highest BCUT2D eigenvalue weighted by Gasteiger charge is 2.31. The van der Waals surface area contributed by atoms with Crippen LogP contribution in [0.4, 0.5) is 5.69 Å². The fourth-order valence-electron chi connectivity index (χ4n) is 1.35. The smallest absolute Gasteiger partial charge is 0.339 e. The van der Waals surface area contributed by atoms with E-state index in [1.54, 1.807) is 13.2 Å². The minimum Gasteiger partial charge on any atom is -0.497 e. The van der Waals surface area contributed by atoms with E-state index in [4.69, 9.17) is 4.74 Å². The van der Waals surface area contributed by atoms with Crippen LogP contribution in [0.2, 0.25) is 0 Å². The average Bonchev–Trinajstić information content (AvgIpc) is 2.34. The van der Waals surface area contributed by atoms with Crippen LogP contribution < -0.4 is 10.1 Å². The van der Waals surface area contributed by atoms with Crippen LogP contribution in [0.5, 0.6) is 5.75 Å². The van der Waals surface area contributed by atoms with E-state index in [2.05, 4.69) is 26.0 Å². The monoisotopic (exact) mass is 317 g/mol. The number of rotatable bonds is 5. The topological polar surface area (TPSA) is 67.8 Å². The summed E-state index contributed by atoms with van der Waals surface area (Å²) >= 11 is 3.34. The van der Waals surface area contributed by atoms with Crippen LogP contribution in [0, 0.1) is 0 Å². The number of aliphatic hydroxyl groups is 1. The van der Waals surface area contributed by atoms with E-state index in [9.17, 15) is 9.90 Å². The van der Waals surface area contributed by atoms with E-state index >= 15 is 0 Å². The van der Waals surface area contributed by atoms with Gasteiger partial charge < -0.3 is 19.9 Å². The molecule has 100 valence electrons. The third-order valence-electron chi connectivity index (χ3n) is 2.37. The van der Waals surface area contributed by atoms with Gasteiger partial charge in [-0.3, -0.25) is 0 Å². The second kappa shape index (κ2) is 6.06. The van der Waals surface area contributed by atoms with E-state index in [1.807, 2.05) is 12.1 Å². The Bertz CT molecular complexity index is 434. The summed E-state index contributed by atoms with van der Waals surface area (Å²) in [6, 6.07) is 5.39. The number of methoxy groups -OCH3 is 2. The summed E-state index contributed by atoms with van der Waals surface area (Å²) in [4.78, 5) is 11.3. The molecule has 0 radical (unpaired) electrons. The van der Waals surface area contributed by atoms with Crippen LogP contribution in [-0.2, 0) is 9.53 Å². The van der Waals surface area contributed by atoms with Gasteiger partial charge in [-0.2, -0.15) is 0 Å². The lowest BCUT2D eigenvalue weighted by molar-refractivity contribution is -0.158. The molecule has 0 aliphatic carbocycles. The molecule has 1 aromatic carbocycles. The summed E-state index contributed by atoms with van der Waals surface area (Å²) in [5, 5.41) is 12.8. The number of carbonyl (C=O) groups excluding carboxylic acids is 1. The largest absolute Gasteiger partial charge is 0.497 e. The molecule has 0 bridgehead atoms. The van der Waals surface area contributed by atoms with Crippen molar-refractivity contribution in [3.63, 3.8) is 0 Å². The maximum atomic E-state index is 11.3. The highest BCUT2D eigenvalue weighted by atomic mass is 79.9. The fraction of sp³-hybridized carbons (Fsp3) is 0.417. The fourth-order valence-corrected chi connectivity index (χ4v) is 1.82. The van der Waals surface area contributed by atoms with Crippen molar-refractivity contribution in [1.29, 1.82) is 0 Å². The Morgan fingerprint density at radius 2 is 2.11 bits per heavy atom. The minimum atomic E-state index is -1.58. The Morgan fingerprint density at radius 1 is 1.44 bits per heavy atom. The molecule has 0 aromatic heterocycles. The zero-order valence-corrected chi connectivity index (χ0v) is 12.1. The Morgan fingerprint density at radius 3 is 2.67 bits per heavy atom. The van der Waals surface area contributed by atoms with Crippen molar-refractivity contribution >= 4 is 27.6 Å². The summed E-state index contributed by atoms with van der Waals surface area (Å²) in [6.45, 7) is 1.43. The van der Waals surface area contributed by atoms with Gasteiger partial charge in [0.05, 0.1) is 20.8 Å². The molecule has 2 N–H and O–H groups in total. The van der Waals surface area contributed by atoms with Crippen LogP contribution in [0.15, 0.2) is 22.7 Å². The molecule has 0 heterocycles. The second-order valence-electron chi connectivity index (χ2n) is 4.00. The minimum absolute atomic E-state index is 0.0410. The molecule has 0 spiro atoms. The number of hydrogen-bond donors (Lipinski definition) is 2. The van der Waals surface area contributed by atoms with Crippen LogP contribution in [-0.4, -0.2) is 37.4 Å². The zero-order valence-electron chi connectivity index (χ0n) is 10.5. The predicted molar refractivity (Wildman–Crippen MR) is 71.8 cm³/mol. The Hall–Kier alpha value is -1.27. The molecule has 18 heavy (non-hydrogen) atoms. The summed E-state index contributed by atoms with van der Waals surface area (Å²) < 4.78 is 10.5. The maximum absolute atomic E-state index is 11.3. The molecule has 0 saturated heterocycles. The first kappa shape index (κ1) is 14.8. The standard InChI is InChI=1S/C12H16BrNO4/c1-12(16,11(15)18-3)7-14-9-4-8(13)5-10(6-9)17-2/h4-6,14,16H,7H2,1-3H3. The van der Waals surface area contributed by atoms with Crippen molar-refractivity contribution in [3.05, 3.63) is 22.7 Å². The van der Waals surface area contributed by atoms with E-state index in [-0.39, 0.29) is 6.54 Å². The number of benzene rings is 1. The van der Waals surface area contributed by atoms with Gasteiger partial charge in [0.15, 0.2) is 5.60 Å². The van der Waals surface area contributed by atoms with Gasteiger partial charge in [-0.15, -0.1) is 0 Å². The van der Waals surface area contributed by atoms with Gasteiger partial charge in [0.1, 0.15) is 5.75 Å². The van der Waals surface area contributed by atoms with Crippen LogP contribution in [0.3, 0.4) is 0 Å². The summed E-state index contributed by atoms with van der Waals surface area (Å²) in [7, 11) is 2.80. The molecular weight excluding hydrogens is 302 g/mol. The summed E-state index contributed by atoms with van der Waals surface area (Å²) in [6.07, 6.45) is 0. The van der Waals surface area contributed by atoms with Gasteiger partial charge >= 0.3 is 5.97 Å². The molecule has 1 aromatic rings. The average molecular weight is 318 g/mol. The highest BCUT2D eigenvalue weighted by Crippen LogP contribution is 2.24. The van der Waals surface area contributed by atoms with Crippen LogP contribution >= 0.6 is 15.9 Å². The number of ether oxygens (including phenoxy) is 2. The third-order valence-corrected chi connectivity index (χ3v) is 2.83. The Labute approximate surface area is 114 Å². The zero-order chi connectivity index (χ0) is 13.8. The van der Waals surface area contributed by atoms with Crippen molar-refractivity contribution in [3.8, 4) is 5.75 Å². The van der Waals surface area contributed by atoms with Gasteiger partial charge in [0, 0.05) is 16.2 Å². The predicted octanol–water partition coefficient (Wildman–Crippen LogP) is 1.79. The number of nitrogens with one attached hydrogen (secondary N) is 1. The van der Waals surface area contributed by atoms with Gasteiger partial charge in [0.2, 0.25) is 0 Å². The normalized spacial score (nSPS) is 13.6. The van der Waals surface area contributed by atoms with Gasteiger partial charge in [-0.1, -0.05) is 15.9 Å². The molecule has 5 nitrogen and oxygen atoms in total. The second-order valence-corrected chi connectivity index (χ2v) is 4.91. The highest BCUT2D eigenvalue weighted by molar-refractivity contribution is 9.10. The van der Waals surface area contributed by atoms with Crippen LogP contribution in [0.25, 0.3) is 0 Å². The van der Waals surface area contributed by atoms with E-state index in [0.717, 1.165) is 10.2 Å². The molecule has 6 heteroatoms. The molecule has 0 saturated carbocycles. The number of carbonyl (C=O) groups is 1. The van der Waals surface area contributed by atoms with Gasteiger partial charge in [-0.25, -0.2) is 4.79 Å². The molecule has 0 amide bonds. The number of halogens is 1. The van der Waals surface area contributed by atoms with Gasteiger partial charge in [-0.05, 0) is 19.1 Å². The number of esters is 1. The van der Waals surface area contributed by atoms with E-state index in [1.165, 1.54) is 14.0 Å². The van der Waals surface area contributed by atoms with E-state index in [0.29, 0.717) is 5.75 Å². The SMILES string of the molecule is COC(=O)C(C)(O)CNc1cc(Br)cc(OC)c1. The Kier molecular flexibility index (Phi) is 4.98. The molecule has 1 rings (SSSR count). The summed E-state index contributed by atoms with van der Waals surface area (Å²) in [5.41, 5.74) is -0.852. The third kappa shape index (κ3) is 3.89. The number of hydrogen-bond acceptors (Lipinski definition) is 5. The van der Waals surface area contributed by atoms with Crippen molar-refractivity contribution < 1.29 is 19.4 Å².